The molecule has 3 aromatic heterocycles. The first-order chi connectivity index (χ1) is 10.3. The Morgan fingerprint density at radius 1 is 1.29 bits per heavy atom. The van der Waals surface area contributed by atoms with Crippen molar-refractivity contribution in [3.8, 4) is 18.0 Å². The Morgan fingerprint density at radius 2 is 2.14 bits per heavy atom. The molecule has 0 atom stereocenters. The first-order valence-electron chi connectivity index (χ1n) is 6.28. The van der Waals surface area contributed by atoms with Gasteiger partial charge in [-0.1, -0.05) is 6.07 Å². The predicted molar refractivity (Wildman–Crippen MR) is 74.5 cm³/mol. The van der Waals surface area contributed by atoms with Gasteiger partial charge in [-0.15, -0.1) is 0 Å². The van der Waals surface area contributed by atoms with Crippen molar-refractivity contribution >= 4 is 5.65 Å². The van der Waals surface area contributed by atoms with E-state index in [2.05, 4.69) is 15.3 Å². The molecule has 3 heterocycles. The van der Waals surface area contributed by atoms with Crippen LogP contribution in [0.1, 0.15) is 17.1 Å². The van der Waals surface area contributed by atoms with E-state index in [0.29, 0.717) is 12.4 Å². The van der Waals surface area contributed by atoms with Crippen LogP contribution in [0.15, 0.2) is 30.7 Å². The number of rotatable bonds is 3. The molecule has 0 aliphatic heterocycles. The van der Waals surface area contributed by atoms with E-state index >= 15 is 0 Å². The molecular formula is C14H11N7. The lowest BCUT2D eigenvalue weighted by atomic mass is 10.3. The topological polar surface area (TPSA) is 94.7 Å². The first kappa shape index (κ1) is 12.9. The molecule has 0 spiro atoms. The zero-order valence-corrected chi connectivity index (χ0v) is 11.3. The maximum Gasteiger partial charge on any atom is 0.177 e. The van der Waals surface area contributed by atoms with Crippen LogP contribution >= 0.6 is 0 Å². The van der Waals surface area contributed by atoms with Crippen LogP contribution in [0.4, 0.5) is 0 Å². The molecule has 0 aromatic carbocycles. The summed E-state index contributed by atoms with van der Waals surface area (Å²) in [6, 6.07) is 9.63. The molecular weight excluding hydrogens is 266 g/mol. The van der Waals surface area contributed by atoms with Crippen LogP contribution in [-0.4, -0.2) is 26.0 Å². The molecule has 0 radical (unpaired) electrons. The summed E-state index contributed by atoms with van der Waals surface area (Å²) in [5.41, 5.74) is 1.96. The lowest BCUT2D eigenvalue weighted by Gasteiger charge is -2.05. The van der Waals surface area contributed by atoms with Gasteiger partial charge in [0.2, 0.25) is 0 Å². The number of nitrogens with zero attached hydrogens (tertiary/aromatic N) is 6. The lowest BCUT2D eigenvalue weighted by molar-refractivity contribution is 0.770. The summed E-state index contributed by atoms with van der Waals surface area (Å²) in [4.78, 5) is 8.51. The Hall–Kier alpha value is -3.16. The fourth-order valence-electron chi connectivity index (χ4n) is 2.26. The molecule has 1 N–H and O–H groups in total. The minimum Gasteiger partial charge on any atom is -0.314 e. The Labute approximate surface area is 120 Å². The molecule has 0 saturated heterocycles. The zero-order valence-electron chi connectivity index (χ0n) is 11.3. The largest absolute Gasteiger partial charge is 0.314 e. The van der Waals surface area contributed by atoms with Crippen LogP contribution in [0.2, 0.25) is 0 Å². The van der Waals surface area contributed by atoms with Gasteiger partial charge in [0, 0.05) is 12.7 Å². The van der Waals surface area contributed by atoms with Crippen LogP contribution in [0.25, 0.3) is 11.5 Å². The molecule has 7 heteroatoms. The van der Waals surface area contributed by atoms with Crippen LogP contribution in [0.5, 0.6) is 0 Å². The fourth-order valence-corrected chi connectivity index (χ4v) is 2.26. The molecule has 0 fully saturated rings. The third-order valence-corrected chi connectivity index (χ3v) is 3.16. The Kier molecular flexibility index (Phi) is 3.11. The first-order valence-corrected chi connectivity index (χ1v) is 6.28. The molecule has 3 rings (SSSR count). The number of aromatic nitrogens is 4. The van der Waals surface area contributed by atoms with E-state index in [-0.39, 0.29) is 11.4 Å². The Balaban J connectivity index is 2.30. The average molecular weight is 277 g/mol. The molecule has 0 amide bonds. The molecule has 0 aliphatic carbocycles. The number of pyridine rings is 1. The minimum absolute atomic E-state index is 0.102. The quantitative estimate of drug-likeness (QED) is 0.770. The highest BCUT2D eigenvalue weighted by molar-refractivity contribution is 5.51. The van der Waals surface area contributed by atoms with Crippen molar-refractivity contribution in [2.24, 2.45) is 0 Å². The normalized spacial score (nSPS) is 10.4. The van der Waals surface area contributed by atoms with E-state index in [1.165, 1.54) is 6.33 Å². The van der Waals surface area contributed by atoms with Crippen molar-refractivity contribution in [3.05, 3.63) is 47.8 Å². The van der Waals surface area contributed by atoms with Crippen molar-refractivity contribution < 1.29 is 0 Å². The minimum atomic E-state index is 0.102. The summed E-state index contributed by atoms with van der Waals surface area (Å²) >= 11 is 0. The third-order valence-electron chi connectivity index (χ3n) is 3.16. The highest BCUT2D eigenvalue weighted by Crippen LogP contribution is 2.19. The highest BCUT2D eigenvalue weighted by atomic mass is 15.2. The monoisotopic (exact) mass is 277 g/mol. The van der Waals surface area contributed by atoms with Crippen molar-refractivity contribution in [2.75, 3.05) is 7.05 Å². The molecule has 21 heavy (non-hydrogen) atoms. The van der Waals surface area contributed by atoms with Crippen LogP contribution in [-0.2, 0) is 6.54 Å². The Morgan fingerprint density at radius 3 is 2.86 bits per heavy atom. The summed E-state index contributed by atoms with van der Waals surface area (Å²) in [6.07, 6.45) is 3.37. The van der Waals surface area contributed by atoms with Crippen LogP contribution < -0.4 is 5.32 Å². The van der Waals surface area contributed by atoms with Crippen LogP contribution in [0, 0.1) is 22.7 Å². The molecule has 7 nitrogen and oxygen atoms in total. The second-order valence-corrected chi connectivity index (χ2v) is 4.38. The number of hydrogen-bond donors (Lipinski definition) is 1. The maximum absolute atomic E-state index is 9.26. The second-order valence-electron chi connectivity index (χ2n) is 4.38. The molecule has 0 unspecified atom stereocenters. The number of imidazole rings is 2. The van der Waals surface area contributed by atoms with Gasteiger partial charge in [0.1, 0.15) is 24.1 Å². The second kappa shape index (κ2) is 5.08. The Bertz CT molecular complexity index is 888. The number of fused-ring (bicyclic) bond motifs is 1. The smallest absolute Gasteiger partial charge is 0.177 e. The average Bonchev–Trinajstić information content (AvgIpc) is 3.08. The van der Waals surface area contributed by atoms with Gasteiger partial charge in [-0.2, -0.15) is 10.5 Å². The predicted octanol–water partition coefficient (Wildman–Crippen LogP) is 0.983. The number of nitrogens with one attached hydrogen (secondary N) is 1. The van der Waals surface area contributed by atoms with Crippen molar-refractivity contribution in [2.45, 2.75) is 6.54 Å². The highest BCUT2D eigenvalue weighted by Gasteiger charge is 2.18. The van der Waals surface area contributed by atoms with Gasteiger partial charge < -0.3 is 9.72 Å². The fraction of sp³-hybridized carbons (Fsp3) is 0.143. The van der Waals surface area contributed by atoms with Crippen molar-refractivity contribution in [1.29, 1.82) is 10.5 Å². The van der Waals surface area contributed by atoms with Gasteiger partial charge in [0.25, 0.3) is 0 Å². The maximum atomic E-state index is 9.26. The number of nitriles is 2. The SMILES string of the molecule is CNCc1c(-n2cnc(C#N)c2C#N)nc2ccccn12. The van der Waals surface area contributed by atoms with Gasteiger partial charge in [-0.25, -0.2) is 9.97 Å². The summed E-state index contributed by atoms with van der Waals surface area (Å²) < 4.78 is 3.50. The van der Waals surface area contributed by atoms with Gasteiger partial charge in [0.05, 0.1) is 5.69 Å². The van der Waals surface area contributed by atoms with Gasteiger partial charge in [-0.3, -0.25) is 4.57 Å². The van der Waals surface area contributed by atoms with E-state index in [4.69, 9.17) is 5.26 Å². The zero-order chi connectivity index (χ0) is 14.8. The van der Waals surface area contributed by atoms with E-state index in [0.717, 1.165) is 11.3 Å². The lowest BCUT2D eigenvalue weighted by Crippen LogP contribution is -2.11. The summed E-state index contributed by atoms with van der Waals surface area (Å²) in [5, 5.41) is 21.4. The van der Waals surface area contributed by atoms with Gasteiger partial charge >= 0.3 is 0 Å². The van der Waals surface area contributed by atoms with E-state index < -0.39 is 0 Å². The molecule has 0 saturated carbocycles. The van der Waals surface area contributed by atoms with E-state index in [9.17, 15) is 5.26 Å². The van der Waals surface area contributed by atoms with E-state index in [1.54, 1.807) is 4.57 Å². The van der Waals surface area contributed by atoms with Gasteiger partial charge in [-0.05, 0) is 19.2 Å². The van der Waals surface area contributed by atoms with Crippen molar-refractivity contribution in [3.63, 3.8) is 0 Å². The molecule has 0 aliphatic rings. The van der Waals surface area contributed by atoms with Crippen LogP contribution in [0.3, 0.4) is 0 Å². The molecule has 0 bridgehead atoms. The molecule has 102 valence electrons. The summed E-state index contributed by atoms with van der Waals surface area (Å²) in [7, 11) is 1.84. The summed E-state index contributed by atoms with van der Waals surface area (Å²) in [5.74, 6) is 0.598. The van der Waals surface area contributed by atoms with Gasteiger partial charge in [0.15, 0.2) is 17.2 Å². The third kappa shape index (κ3) is 1.93. The molecule has 3 aromatic rings. The van der Waals surface area contributed by atoms with Crippen molar-refractivity contribution in [1.82, 2.24) is 24.3 Å². The summed E-state index contributed by atoms with van der Waals surface area (Å²) in [6.45, 7) is 0.575. The number of hydrogen-bond acceptors (Lipinski definition) is 5. The standard InChI is InChI=1S/C14H11N7/c1-17-8-12-14(19-13-4-2-3-5-20(12)13)21-9-18-10(6-15)11(21)7-16/h2-5,9,17H,8H2,1H3. The van der Waals surface area contributed by atoms with E-state index in [1.807, 2.05) is 48.0 Å².